The third-order valence-electron chi connectivity index (χ3n) is 3.52. The standard InChI is InChI=1S/C16H19NO4S2/c1-4-20-15-8-12-7-10(2)21-14(12)9-13(15)17-23(18,19)16-6-5-11(3)22-16/h5-6,8-10,17H,4,7H2,1-3H3. The molecule has 23 heavy (non-hydrogen) atoms. The SMILES string of the molecule is CCOc1cc2c(cc1NS(=O)(=O)c1ccc(C)s1)OC(C)C2. The first-order valence-corrected chi connectivity index (χ1v) is 9.74. The Bertz CT molecular complexity index is 827. The van der Waals surface area contributed by atoms with Crippen molar-refractivity contribution in [3.63, 3.8) is 0 Å². The molecule has 3 rings (SSSR count). The summed E-state index contributed by atoms with van der Waals surface area (Å²) in [4.78, 5) is 0.946. The van der Waals surface area contributed by atoms with Gasteiger partial charge in [-0.3, -0.25) is 4.72 Å². The number of nitrogens with one attached hydrogen (secondary N) is 1. The quantitative estimate of drug-likeness (QED) is 0.892. The van der Waals surface area contributed by atoms with E-state index in [1.807, 2.05) is 26.8 Å². The molecule has 2 heterocycles. The average molecular weight is 353 g/mol. The van der Waals surface area contributed by atoms with Crippen LogP contribution in [0.4, 0.5) is 5.69 Å². The fourth-order valence-corrected chi connectivity index (χ4v) is 4.89. The molecule has 1 atom stereocenters. The molecule has 1 aliphatic rings. The van der Waals surface area contributed by atoms with Gasteiger partial charge in [0.25, 0.3) is 10.0 Å². The Kier molecular flexibility index (Phi) is 4.25. The van der Waals surface area contributed by atoms with Crippen LogP contribution in [0, 0.1) is 6.92 Å². The topological polar surface area (TPSA) is 64.6 Å². The Balaban J connectivity index is 1.97. The number of ether oxygens (including phenoxy) is 2. The number of benzene rings is 1. The first-order chi connectivity index (χ1) is 10.9. The van der Waals surface area contributed by atoms with Gasteiger partial charge in [0.1, 0.15) is 21.8 Å². The van der Waals surface area contributed by atoms with Crippen LogP contribution in [0.1, 0.15) is 24.3 Å². The Hall–Kier alpha value is -1.73. The van der Waals surface area contributed by atoms with E-state index in [1.165, 1.54) is 11.3 Å². The van der Waals surface area contributed by atoms with E-state index >= 15 is 0 Å². The van der Waals surface area contributed by atoms with Crippen molar-refractivity contribution < 1.29 is 17.9 Å². The number of hydrogen-bond donors (Lipinski definition) is 1. The van der Waals surface area contributed by atoms with Crippen molar-refractivity contribution in [2.75, 3.05) is 11.3 Å². The van der Waals surface area contributed by atoms with Crippen LogP contribution in [0.15, 0.2) is 28.5 Å². The lowest BCUT2D eigenvalue weighted by atomic mass is 10.1. The van der Waals surface area contributed by atoms with E-state index in [2.05, 4.69) is 4.72 Å². The van der Waals surface area contributed by atoms with Crippen molar-refractivity contribution in [3.05, 3.63) is 34.7 Å². The van der Waals surface area contributed by atoms with Crippen molar-refractivity contribution >= 4 is 27.0 Å². The van der Waals surface area contributed by atoms with Gasteiger partial charge in [-0.15, -0.1) is 11.3 Å². The van der Waals surface area contributed by atoms with Gasteiger partial charge in [-0.2, -0.15) is 0 Å². The molecule has 124 valence electrons. The van der Waals surface area contributed by atoms with Gasteiger partial charge in [0, 0.05) is 22.9 Å². The van der Waals surface area contributed by atoms with E-state index in [0.717, 1.165) is 16.9 Å². The second-order valence-corrected chi connectivity index (χ2v) is 8.69. The Morgan fingerprint density at radius 2 is 2.17 bits per heavy atom. The van der Waals surface area contributed by atoms with Gasteiger partial charge < -0.3 is 9.47 Å². The third-order valence-corrected chi connectivity index (χ3v) is 6.38. The maximum absolute atomic E-state index is 12.5. The van der Waals surface area contributed by atoms with Crippen LogP contribution in [-0.4, -0.2) is 21.1 Å². The molecule has 2 aromatic rings. The first kappa shape index (κ1) is 16.1. The molecule has 1 unspecified atom stereocenters. The highest BCUT2D eigenvalue weighted by atomic mass is 32.2. The highest BCUT2D eigenvalue weighted by molar-refractivity contribution is 7.94. The van der Waals surface area contributed by atoms with Crippen molar-refractivity contribution in [1.82, 2.24) is 0 Å². The zero-order valence-electron chi connectivity index (χ0n) is 13.3. The molecule has 0 fully saturated rings. The molecule has 0 spiro atoms. The van der Waals surface area contributed by atoms with Crippen LogP contribution < -0.4 is 14.2 Å². The zero-order chi connectivity index (χ0) is 16.6. The van der Waals surface area contributed by atoms with Crippen LogP contribution in [0.5, 0.6) is 11.5 Å². The van der Waals surface area contributed by atoms with Crippen molar-refractivity contribution in [2.24, 2.45) is 0 Å². The van der Waals surface area contributed by atoms with E-state index in [4.69, 9.17) is 9.47 Å². The van der Waals surface area contributed by atoms with Crippen LogP contribution in [0.2, 0.25) is 0 Å². The monoisotopic (exact) mass is 353 g/mol. The van der Waals surface area contributed by atoms with Crippen LogP contribution in [0.25, 0.3) is 0 Å². The normalized spacial score (nSPS) is 16.7. The van der Waals surface area contributed by atoms with Crippen molar-refractivity contribution in [2.45, 2.75) is 37.5 Å². The van der Waals surface area contributed by atoms with Gasteiger partial charge >= 0.3 is 0 Å². The summed E-state index contributed by atoms with van der Waals surface area (Å²) in [6, 6.07) is 6.96. The fourth-order valence-electron chi connectivity index (χ4n) is 2.55. The molecular weight excluding hydrogens is 334 g/mol. The maximum atomic E-state index is 12.5. The lowest BCUT2D eigenvalue weighted by Crippen LogP contribution is -2.12. The average Bonchev–Trinajstić information content (AvgIpc) is 3.04. The molecule has 0 saturated carbocycles. The molecule has 0 aliphatic carbocycles. The fraction of sp³-hybridized carbons (Fsp3) is 0.375. The summed E-state index contributed by atoms with van der Waals surface area (Å²) in [5.74, 6) is 1.24. The summed E-state index contributed by atoms with van der Waals surface area (Å²) < 4.78 is 39.3. The van der Waals surface area contributed by atoms with E-state index < -0.39 is 10.0 Å². The minimum absolute atomic E-state index is 0.0891. The minimum atomic E-state index is -3.63. The largest absolute Gasteiger partial charge is 0.492 e. The van der Waals surface area contributed by atoms with Crippen molar-refractivity contribution in [3.8, 4) is 11.5 Å². The smallest absolute Gasteiger partial charge is 0.271 e. The van der Waals surface area contributed by atoms with Gasteiger partial charge in [0.15, 0.2) is 0 Å². The Morgan fingerprint density at radius 3 is 2.83 bits per heavy atom. The summed E-state index contributed by atoms with van der Waals surface area (Å²) in [7, 11) is -3.63. The lowest BCUT2D eigenvalue weighted by Gasteiger charge is -2.14. The summed E-state index contributed by atoms with van der Waals surface area (Å²) >= 11 is 1.24. The molecule has 1 aromatic carbocycles. The second-order valence-electron chi connectivity index (χ2n) is 5.49. The molecule has 1 aromatic heterocycles. The summed E-state index contributed by atoms with van der Waals surface area (Å²) in [6.07, 6.45) is 0.887. The molecule has 0 saturated heterocycles. The highest BCUT2D eigenvalue weighted by Gasteiger charge is 2.24. The number of fused-ring (bicyclic) bond motifs is 1. The molecule has 1 N–H and O–H groups in total. The molecule has 0 bridgehead atoms. The van der Waals surface area contributed by atoms with E-state index in [9.17, 15) is 8.42 Å². The lowest BCUT2D eigenvalue weighted by molar-refractivity contribution is 0.254. The van der Waals surface area contributed by atoms with Crippen LogP contribution in [-0.2, 0) is 16.4 Å². The number of aryl methyl sites for hydroxylation is 1. The molecule has 0 radical (unpaired) electrons. The summed E-state index contributed by atoms with van der Waals surface area (Å²) in [6.45, 7) is 6.19. The minimum Gasteiger partial charge on any atom is -0.492 e. The second kappa shape index (κ2) is 6.05. The first-order valence-electron chi connectivity index (χ1n) is 7.44. The molecule has 1 aliphatic heterocycles. The maximum Gasteiger partial charge on any atom is 0.271 e. The van der Waals surface area contributed by atoms with Crippen LogP contribution >= 0.6 is 11.3 Å². The summed E-state index contributed by atoms with van der Waals surface area (Å²) in [5.41, 5.74) is 1.45. The molecule has 7 heteroatoms. The highest BCUT2D eigenvalue weighted by Crippen LogP contribution is 2.39. The van der Waals surface area contributed by atoms with Gasteiger partial charge in [0.2, 0.25) is 0 Å². The van der Waals surface area contributed by atoms with Crippen LogP contribution in [0.3, 0.4) is 0 Å². The molecule has 0 amide bonds. The number of rotatable bonds is 5. The van der Waals surface area contributed by atoms with Gasteiger partial charge in [-0.05, 0) is 39.0 Å². The zero-order valence-corrected chi connectivity index (χ0v) is 14.9. The number of thiophene rings is 1. The number of anilines is 1. The van der Waals surface area contributed by atoms with Gasteiger partial charge in [-0.25, -0.2) is 8.42 Å². The number of hydrogen-bond acceptors (Lipinski definition) is 5. The van der Waals surface area contributed by atoms with E-state index in [-0.39, 0.29) is 10.3 Å². The van der Waals surface area contributed by atoms with E-state index in [1.54, 1.807) is 18.2 Å². The predicted octanol–water partition coefficient (Wildman–Crippen LogP) is 3.58. The molecule has 5 nitrogen and oxygen atoms in total. The van der Waals surface area contributed by atoms with Gasteiger partial charge in [-0.1, -0.05) is 0 Å². The Morgan fingerprint density at radius 1 is 1.39 bits per heavy atom. The van der Waals surface area contributed by atoms with Crippen molar-refractivity contribution in [1.29, 1.82) is 0 Å². The Labute approximate surface area is 140 Å². The molecular formula is C16H19NO4S2. The predicted molar refractivity (Wildman–Crippen MR) is 91.3 cm³/mol. The number of sulfonamides is 1. The van der Waals surface area contributed by atoms with E-state index in [0.29, 0.717) is 23.8 Å². The van der Waals surface area contributed by atoms with Gasteiger partial charge in [0.05, 0.1) is 12.3 Å². The summed E-state index contributed by atoms with van der Waals surface area (Å²) in [5, 5.41) is 0. The third kappa shape index (κ3) is 3.30.